The zero-order chi connectivity index (χ0) is 14.5. The summed E-state index contributed by atoms with van der Waals surface area (Å²) in [5.41, 5.74) is 3.38. The Kier molecular flexibility index (Phi) is 4.57. The van der Waals surface area contributed by atoms with E-state index in [2.05, 4.69) is 26.0 Å². The minimum atomic E-state index is -0.885. The molecule has 0 fully saturated rings. The van der Waals surface area contributed by atoms with Crippen LogP contribution in [0.15, 0.2) is 48.5 Å². The van der Waals surface area contributed by atoms with Gasteiger partial charge in [0.2, 0.25) is 0 Å². The summed E-state index contributed by atoms with van der Waals surface area (Å²) in [5, 5.41) is 9.23. The van der Waals surface area contributed by atoms with Gasteiger partial charge in [-0.15, -0.1) is 0 Å². The number of rotatable bonds is 5. The molecule has 0 unspecified atom stereocenters. The Bertz CT molecular complexity index is 583. The summed E-state index contributed by atoms with van der Waals surface area (Å²) >= 11 is 0. The molecule has 104 valence electrons. The number of carboxylic acid groups (broad SMARTS) is 1. The van der Waals surface area contributed by atoms with E-state index in [9.17, 15) is 9.90 Å². The normalized spacial score (nSPS) is 10.8. The van der Waals surface area contributed by atoms with Crippen LogP contribution in [0.25, 0.3) is 11.1 Å². The van der Waals surface area contributed by atoms with E-state index in [1.165, 1.54) is 12.0 Å². The molecule has 0 aliphatic carbocycles. The highest BCUT2D eigenvalue weighted by Crippen LogP contribution is 2.24. The summed E-state index contributed by atoms with van der Waals surface area (Å²) < 4.78 is 0. The predicted octanol–water partition coefficient (Wildman–Crippen LogP) is 4.64. The highest BCUT2D eigenvalue weighted by Gasteiger charge is 2.10. The van der Waals surface area contributed by atoms with E-state index in [0.29, 0.717) is 11.5 Å². The number of aryl methyl sites for hydroxylation is 1. The Balaban J connectivity index is 2.24. The SMILES string of the molecule is CC(C)CCc1ccc(-c2ccccc2C(=O)O)cc1. The molecule has 0 aromatic heterocycles. The molecule has 0 atom stereocenters. The standard InChI is InChI=1S/C18H20O2/c1-13(2)7-8-14-9-11-15(12-10-14)16-5-3-4-6-17(16)18(19)20/h3-6,9-13H,7-8H2,1-2H3,(H,19,20). The van der Waals surface area contributed by atoms with Crippen molar-refractivity contribution in [3.63, 3.8) is 0 Å². The maximum atomic E-state index is 11.2. The van der Waals surface area contributed by atoms with Gasteiger partial charge >= 0.3 is 5.97 Å². The summed E-state index contributed by atoms with van der Waals surface area (Å²) in [7, 11) is 0. The molecule has 0 radical (unpaired) electrons. The molecule has 0 bridgehead atoms. The molecule has 2 rings (SSSR count). The van der Waals surface area contributed by atoms with E-state index >= 15 is 0 Å². The first kappa shape index (κ1) is 14.3. The largest absolute Gasteiger partial charge is 0.478 e. The molecular weight excluding hydrogens is 248 g/mol. The summed E-state index contributed by atoms with van der Waals surface area (Å²) in [6.45, 7) is 4.44. The van der Waals surface area contributed by atoms with Crippen LogP contribution in [0.5, 0.6) is 0 Å². The van der Waals surface area contributed by atoms with Crippen LogP contribution in [-0.2, 0) is 6.42 Å². The molecule has 0 aliphatic rings. The molecule has 1 N–H and O–H groups in total. The zero-order valence-electron chi connectivity index (χ0n) is 12.0. The third-order valence-electron chi connectivity index (χ3n) is 3.43. The molecule has 2 nitrogen and oxygen atoms in total. The van der Waals surface area contributed by atoms with Crippen molar-refractivity contribution in [1.82, 2.24) is 0 Å². The van der Waals surface area contributed by atoms with Gasteiger partial charge in [-0.1, -0.05) is 56.3 Å². The second-order valence-corrected chi connectivity index (χ2v) is 5.48. The maximum absolute atomic E-state index is 11.2. The molecule has 2 aromatic rings. The van der Waals surface area contributed by atoms with E-state index in [1.54, 1.807) is 12.1 Å². The second kappa shape index (κ2) is 6.38. The van der Waals surface area contributed by atoms with E-state index in [0.717, 1.165) is 17.5 Å². The van der Waals surface area contributed by atoms with Crippen molar-refractivity contribution in [3.8, 4) is 11.1 Å². The van der Waals surface area contributed by atoms with Crippen molar-refractivity contribution in [3.05, 3.63) is 59.7 Å². The van der Waals surface area contributed by atoms with Crippen LogP contribution in [0.4, 0.5) is 0 Å². The second-order valence-electron chi connectivity index (χ2n) is 5.48. The van der Waals surface area contributed by atoms with Crippen LogP contribution < -0.4 is 0 Å². The number of carboxylic acids is 1. The summed E-state index contributed by atoms with van der Waals surface area (Å²) in [6.07, 6.45) is 2.24. The Labute approximate surface area is 120 Å². The van der Waals surface area contributed by atoms with Gasteiger partial charge in [0.1, 0.15) is 0 Å². The van der Waals surface area contributed by atoms with E-state index in [1.807, 2.05) is 24.3 Å². The Morgan fingerprint density at radius 2 is 1.70 bits per heavy atom. The highest BCUT2D eigenvalue weighted by atomic mass is 16.4. The van der Waals surface area contributed by atoms with Crippen molar-refractivity contribution in [1.29, 1.82) is 0 Å². The van der Waals surface area contributed by atoms with Crippen molar-refractivity contribution < 1.29 is 9.90 Å². The van der Waals surface area contributed by atoms with Gasteiger partial charge < -0.3 is 5.11 Å². The highest BCUT2D eigenvalue weighted by molar-refractivity contribution is 5.95. The van der Waals surface area contributed by atoms with Gasteiger partial charge in [-0.2, -0.15) is 0 Å². The molecule has 2 heteroatoms. The fraction of sp³-hybridized carbons (Fsp3) is 0.278. The lowest BCUT2D eigenvalue weighted by Crippen LogP contribution is -1.99. The first-order valence-corrected chi connectivity index (χ1v) is 6.99. The van der Waals surface area contributed by atoms with E-state index in [-0.39, 0.29) is 0 Å². The number of hydrogen-bond donors (Lipinski definition) is 1. The predicted molar refractivity (Wildman–Crippen MR) is 82.0 cm³/mol. The molecule has 0 aliphatic heterocycles. The van der Waals surface area contributed by atoms with E-state index < -0.39 is 5.97 Å². The van der Waals surface area contributed by atoms with Gasteiger partial charge in [-0.3, -0.25) is 0 Å². The van der Waals surface area contributed by atoms with Crippen LogP contribution >= 0.6 is 0 Å². The van der Waals surface area contributed by atoms with Gasteiger partial charge in [0.05, 0.1) is 5.56 Å². The van der Waals surface area contributed by atoms with Gasteiger partial charge in [0.15, 0.2) is 0 Å². The van der Waals surface area contributed by atoms with Crippen LogP contribution in [0.1, 0.15) is 36.2 Å². The Morgan fingerprint density at radius 1 is 1.05 bits per heavy atom. The number of benzene rings is 2. The van der Waals surface area contributed by atoms with Crippen molar-refractivity contribution in [2.45, 2.75) is 26.7 Å². The van der Waals surface area contributed by atoms with Crippen LogP contribution in [0.3, 0.4) is 0 Å². The van der Waals surface area contributed by atoms with Crippen molar-refractivity contribution in [2.75, 3.05) is 0 Å². The fourth-order valence-electron chi connectivity index (χ4n) is 2.23. The van der Waals surface area contributed by atoms with Gasteiger partial charge in [0.25, 0.3) is 0 Å². The molecule has 0 spiro atoms. The molecule has 2 aromatic carbocycles. The van der Waals surface area contributed by atoms with Gasteiger partial charge in [-0.25, -0.2) is 4.79 Å². The van der Waals surface area contributed by atoms with E-state index in [4.69, 9.17) is 0 Å². The lowest BCUT2D eigenvalue weighted by Gasteiger charge is -2.08. The first-order chi connectivity index (χ1) is 9.58. The molecule has 0 heterocycles. The summed E-state index contributed by atoms with van der Waals surface area (Å²) in [4.78, 5) is 11.2. The van der Waals surface area contributed by atoms with Crippen LogP contribution in [0.2, 0.25) is 0 Å². The summed E-state index contributed by atoms with van der Waals surface area (Å²) in [6, 6.07) is 15.3. The van der Waals surface area contributed by atoms with Gasteiger partial charge in [0, 0.05) is 0 Å². The minimum absolute atomic E-state index is 0.349. The van der Waals surface area contributed by atoms with Crippen LogP contribution in [-0.4, -0.2) is 11.1 Å². The lowest BCUT2D eigenvalue weighted by atomic mass is 9.97. The number of carbonyl (C=O) groups is 1. The zero-order valence-corrected chi connectivity index (χ0v) is 12.0. The average Bonchev–Trinajstić information content (AvgIpc) is 2.45. The smallest absolute Gasteiger partial charge is 0.336 e. The monoisotopic (exact) mass is 268 g/mol. The molecular formula is C18H20O2. The quantitative estimate of drug-likeness (QED) is 0.857. The number of hydrogen-bond acceptors (Lipinski definition) is 1. The Hall–Kier alpha value is -2.09. The summed E-state index contributed by atoms with van der Waals surface area (Å²) in [5.74, 6) is -0.188. The lowest BCUT2D eigenvalue weighted by molar-refractivity contribution is 0.0697. The molecule has 20 heavy (non-hydrogen) atoms. The first-order valence-electron chi connectivity index (χ1n) is 6.99. The maximum Gasteiger partial charge on any atom is 0.336 e. The molecule has 0 saturated carbocycles. The average molecular weight is 268 g/mol. The Morgan fingerprint density at radius 3 is 2.30 bits per heavy atom. The topological polar surface area (TPSA) is 37.3 Å². The van der Waals surface area contributed by atoms with Gasteiger partial charge in [-0.05, 0) is 41.5 Å². The van der Waals surface area contributed by atoms with Crippen molar-refractivity contribution in [2.24, 2.45) is 5.92 Å². The fourth-order valence-corrected chi connectivity index (χ4v) is 2.23. The third-order valence-corrected chi connectivity index (χ3v) is 3.43. The molecule has 0 amide bonds. The molecule has 0 saturated heterocycles. The number of aromatic carboxylic acids is 1. The minimum Gasteiger partial charge on any atom is -0.478 e. The van der Waals surface area contributed by atoms with Crippen molar-refractivity contribution >= 4 is 5.97 Å². The third kappa shape index (κ3) is 3.47. The van der Waals surface area contributed by atoms with Crippen LogP contribution in [0, 0.1) is 5.92 Å².